The van der Waals surface area contributed by atoms with Crippen LogP contribution in [0, 0.1) is 0 Å². The zero-order valence-corrected chi connectivity index (χ0v) is 12.0. The van der Waals surface area contributed by atoms with E-state index in [0.717, 1.165) is 5.56 Å². The molecule has 3 N–H and O–H groups in total. The maximum atomic E-state index is 11.7. The van der Waals surface area contributed by atoms with Crippen LogP contribution in [0.1, 0.15) is 12.5 Å². The minimum Gasteiger partial charge on any atom is -0.392 e. The third kappa shape index (κ3) is 7.94. The van der Waals surface area contributed by atoms with Crippen LogP contribution in [0.2, 0.25) is 0 Å². The summed E-state index contributed by atoms with van der Waals surface area (Å²) >= 11 is 0. The van der Waals surface area contributed by atoms with Gasteiger partial charge in [0.05, 0.1) is 11.9 Å². The molecule has 1 rings (SSSR count). The number of aliphatic hydroxyl groups is 1. The second-order valence-electron chi connectivity index (χ2n) is 4.50. The first-order chi connectivity index (χ1) is 8.99. The second kappa shape index (κ2) is 8.27. The van der Waals surface area contributed by atoms with Crippen molar-refractivity contribution >= 4 is 10.0 Å². The summed E-state index contributed by atoms with van der Waals surface area (Å²) in [6, 6.07) is 9.54. The van der Waals surface area contributed by atoms with E-state index in [1.54, 1.807) is 6.92 Å². The van der Waals surface area contributed by atoms with Crippen LogP contribution >= 0.6 is 0 Å². The Morgan fingerprint density at radius 2 is 1.89 bits per heavy atom. The smallest absolute Gasteiger partial charge is 0.211 e. The van der Waals surface area contributed by atoms with Crippen LogP contribution in [0.4, 0.5) is 0 Å². The summed E-state index contributed by atoms with van der Waals surface area (Å²) in [5.41, 5.74) is 1.01. The molecule has 1 unspecified atom stereocenters. The van der Waals surface area contributed by atoms with Crippen molar-refractivity contribution in [2.75, 3.05) is 25.4 Å². The third-order valence-corrected chi connectivity index (χ3v) is 3.95. The predicted molar refractivity (Wildman–Crippen MR) is 76.5 cm³/mol. The van der Waals surface area contributed by atoms with Gasteiger partial charge in [0, 0.05) is 19.6 Å². The molecule has 108 valence electrons. The van der Waals surface area contributed by atoms with Crippen molar-refractivity contribution in [3.8, 4) is 0 Å². The van der Waals surface area contributed by atoms with Crippen molar-refractivity contribution in [3.63, 3.8) is 0 Å². The number of aryl methyl sites for hydroxylation is 1. The van der Waals surface area contributed by atoms with Crippen LogP contribution in [0.5, 0.6) is 0 Å². The fourth-order valence-corrected chi connectivity index (χ4v) is 2.64. The number of sulfonamides is 1. The number of nitrogens with one attached hydrogen (secondary N) is 2. The summed E-state index contributed by atoms with van der Waals surface area (Å²) in [6.07, 6.45) is 0.0896. The van der Waals surface area contributed by atoms with Crippen molar-refractivity contribution in [1.82, 2.24) is 10.0 Å². The SMILES string of the molecule is CC(O)CNCCNS(=O)(=O)CCc1ccccc1. The minimum absolute atomic E-state index is 0.0907. The second-order valence-corrected chi connectivity index (χ2v) is 6.43. The van der Waals surface area contributed by atoms with E-state index in [4.69, 9.17) is 5.11 Å². The molecule has 0 radical (unpaired) electrons. The number of benzene rings is 1. The van der Waals surface area contributed by atoms with E-state index in [9.17, 15) is 8.42 Å². The molecule has 5 nitrogen and oxygen atoms in total. The van der Waals surface area contributed by atoms with Crippen molar-refractivity contribution in [2.24, 2.45) is 0 Å². The molecule has 6 heteroatoms. The molecular formula is C13H22N2O3S. The normalized spacial score (nSPS) is 13.4. The summed E-state index contributed by atoms with van der Waals surface area (Å²) in [6.45, 7) is 2.99. The van der Waals surface area contributed by atoms with Gasteiger partial charge in [0.2, 0.25) is 10.0 Å². The first-order valence-electron chi connectivity index (χ1n) is 6.39. The van der Waals surface area contributed by atoms with E-state index in [0.29, 0.717) is 26.1 Å². The average molecular weight is 286 g/mol. The Labute approximate surface area is 115 Å². The summed E-state index contributed by atoms with van der Waals surface area (Å²) in [5.74, 6) is 0.0907. The van der Waals surface area contributed by atoms with E-state index >= 15 is 0 Å². The van der Waals surface area contributed by atoms with Gasteiger partial charge in [-0.2, -0.15) is 0 Å². The fourth-order valence-electron chi connectivity index (χ4n) is 1.57. The number of hydrogen-bond donors (Lipinski definition) is 3. The van der Waals surface area contributed by atoms with Gasteiger partial charge in [0.25, 0.3) is 0 Å². The molecular weight excluding hydrogens is 264 g/mol. The zero-order chi connectivity index (χ0) is 14.1. The van der Waals surface area contributed by atoms with Crippen LogP contribution in [-0.2, 0) is 16.4 Å². The highest BCUT2D eigenvalue weighted by Gasteiger charge is 2.09. The molecule has 0 spiro atoms. The highest BCUT2D eigenvalue weighted by atomic mass is 32.2. The lowest BCUT2D eigenvalue weighted by Gasteiger charge is -2.09. The van der Waals surface area contributed by atoms with Crippen molar-refractivity contribution < 1.29 is 13.5 Å². The van der Waals surface area contributed by atoms with Gasteiger partial charge in [-0.15, -0.1) is 0 Å². The lowest BCUT2D eigenvalue weighted by Crippen LogP contribution is -2.35. The first-order valence-corrected chi connectivity index (χ1v) is 8.05. The molecule has 1 aromatic carbocycles. The van der Waals surface area contributed by atoms with Gasteiger partial charge in [-0.05, 0) is 18.9 Å². The van der Waals surface area contributed by atoms with Gasteiger partial charge in [0.15, 0.2) is 0 Å². The van der Waals surface area contributed by atoms with Crippen LogP contribution in [0.15, 0.2) is 30.3 Å². The molecule has 0 heterocycles. The lowest BCUT2D eigenvalue weighted by atomic mass is 10.2. The van der Waals surface area contributed by atoms with Crippen molar-refractivity contribution in [2.45, 2.75) is 19.4 Å². The summed E-state index contributed by atoms with van der Waals surface area (Å²) in [4.78, 5) is 0. The first kappa shape index (κ1) is 16.1. The number of aliphatic hydroxyl groups excluding tert-OH is 1. The van der Waals surface area contributed by atoms with Crippen LogP contribution in [0.25, 0.3) is 0 Å². The molecule has 0 bridgehead atoms. The topological polar surface area (TPSA) is 78.4 Å². The molecule has 0 aliphatic heterocycles. The fraction of sp³-hybridized carbons (Fsp3) is 0.538. The molecule has 0 aromatic heterocycles. The highest BCUT2D eigenvalue weighted by molar-refractivity contribution is 7.89. The zero-order valence-electron chi connectivity index (χ0n) is 11.2. The lowest BCUT2D eigenvalue weighted by molar-refractivity contribution is 0.192. The quantitative estimate of drug-likeness (QED) is 0.563. The summed E-state index contributed by atoms with van der Waals surface area (Å²) in [7, 11) is -3.23. The molecule has 1 atom stereocenters. The molecule has 0 aliphatic rings. The number of hydrogen-bond acceptors (Lipinski definition) is 4. The minimum atomic E-state index is -3.23. The Hall–Kier alpha value is -0.950. The van der Waals surface area contributed by atoms with Gasteiger partial charge in [0.1, 0.15) is 0 Å². The van der Waals surface area contributed by atoms with E-state index in [-0.39, 0.29) is 5.75 Å². The van der Waals surface area contributed by atoms with Crippen molar-refractivity contribution in [3.05, 3.63) is 35.9 Å². The van der Waals surface area contributed by atoms with Crippen LogP contribution in [-0.4, -0.2) is 45.0 Å². The summed E-state index contributed by atoms with van der Waals surface area (Å²) < 4.78 is 26.0. The molecule has 0 aliphatic carbocycles. The van der Waals surface area contributed by atoms with E-state index in [1.165, 1.54) is 0 Å². The van der Waals surface area contributed by atoms with E-state index in [2.05, 4.69) is 10.0 Å². The maximum Gasteiger partial charge on any atom is 0.211 e. The Balaban J connectivity index is 2.21. The molecule has 0 amide bonds. The van der Waals surface area contributed by atoms with E-state index in [1.807, 2.05) is 30.3 Å². The van der Waals surface area contributed by atoms with Gasteiger partial charge < -0.3 is 10.4 Å². The largest absolute Gasteiger partial charge is 0.392 e. The van der Waals surface area contributed by atoms with Gasteiger partial charge >= 0.3 is 0 Å². The Kier molecular flexibility index (Phi) is 7.01. The van der Waals surface area contributed by atoms with Gasteiger partial charge in [-0.3, -0.25) is 0 Å². The average Bonchev–Trinajstić information content (AvgIpc) is 2.37. The molecule has 0 saturated carbocycles. The van der Waals surface area contributed by atoms with Gasteiger partial charge in [-0.1, -0.05) is 30.3 Å². The molecule has 0 saturated heterocycles. The molecule has 19 heavy (non-hydrogen) atoms. The van der Waals surface area contributed by atoms with Crippen molar-refractivity contribution in [1.29, 1.82) is 0 Å². The van der Waals surface area contributed by atoms with Crippen LogP contribution in [0.3, 0.4) is 0 Å². The standard InChI is InChI=1S/C13H22N2O3S/c1-12(16)11-14-8-9-15-19(17,18)10-7-13-5-3-2-4-6-13/h2-6,12,14-16H,7-11H2,1H3. The number of rotatable bonds is 9. The van der Waals surface area contributed by atoms with E-state index < -0.39 is 16.1 Å². The molecule has 0 fully saturated rings. The predicted octanol–water partition coefficient (Wildman–Crippen LogP) is 0.119. The Morgan fingerprint density at radius 1 is 1.21 bits per heavy atom. The highest BCUT2D eigenvalue weighted by Crippen LogP contribution is 2.01. The third-order valence-electron chi connectivity index (χ3n) is 2.57. The monoisotopic (exact) mass is 286 g/mol. The Morgan fingerprint density at radius 3 is 2.53 bits per heavy atom. The molecule has 1 aromatic rings. The van der Waals surface area contributed by atoms with Crippen LogP contribution < -0.4 is 10.0 Å². The summed E-state index contributed by atoms with van der Waals surface area (Å²) in [5, 5.41) is 12.0. The maximum absolute atomic E-state index is 11.7. The Bertz CT molecular complexity index is 446. The van der Waals surface area contributed by atoms with Gasteiger partial charge in [-0.25, -0.2) is 13.1 Å².